The first kappa shape index (κ1) is 18.7. The van der Waals surface area contributed by atoms with Crippen molar-refractivity contribution in [2.75, 3.05) is 6.54 Å². The molecule has 2 N–H and O–H groups in total. The first-order valence-electron chi connectivity index (χ1n) is 9.53. The summed E-state index contributed by atoms with van der Waals surface area (Å²) in [6, 6.07) is 18.4. The number of ketones is 1. The number of fused-ring (bicyclic) bond motifs is 1. The average molecular weight is 387 g/mol. The van der Waals surface area contributed by atoms with E-state index >= 15 is 0 Å². The van der Waals surface area contributed by atoms with Crippen LogP contribution in [0.15, 0.2) is 65.1 Å². The zero-order chi connectivity index (χ0) is 20.2. The number of carbonyl (C=O) groups is 2. The molecular weight excluding hydrogens is 366 g/mol. The first-order chi connectivity index (χ1) is 14.1. The minimum absolute atomic E-state index is 0.0127. The molecule has 146 valence electrons. The van der Waals surface area contributed by atoms with E-state index in [2.05, 4.69) is 15.3 Å². The van der Waals surface area contributed by atoms with E-state index in [9.17, 15) is 9.59 Å². The van der Waals surface area contributed by atoms with Crippen molar-refractivity contribution in [3.63, 3.8) is 0 Å². The molecule has 2 aromatic carbocycles. The molecule has 0 aliphatic heterocycles. The number of amides is 1. The molecule has 0 aliphatic carbocycles. The van der Waals surface area contributed by atoms with Gasteiger partial charge in [0.2, 0.25) is 0 Å². The highest BCUT2D eigenvalue weighted by Gasteiger charge is 2.12. The summed E-state index contributed by atoms with van der Waals surface area (Å²) in [6.07, 6.45) is 1.52. The molecule has 0 atom stereocenters. The number of carbonyl (C=O) groups excluding carboxylic acids is 2. The van der Waals surface area contributed by atoms with Crippen LogP contribution in [0.4, 0.5) is 0 Å². The van der Waals surface area contributed by atoms with E-state index in [4.69, 9.17) is 4.42 Å². The van der Waals surface area contributed by atoms with Crippen molar-refractivity contribution in [3.05, 3.63) is 77.8 Å². The molecule has 2 heterocycles. The van der Waals surface area contributed by atoms with Gasteiger partial charge in [-0.1, -0.05) is 36.4 Å². The van der Waals surface area contributed by atoms with Crippen molar-refractivity contribution in [1.29, 1.82) is 0 Å². The molecule has 6 nitrogen and oxygen atoms in total. The van der Waals surface area contributed by atoms with E-state index in [0.29, 0.717) is 17.9 Å². The Morgan fingerprint density at radius 3 is 2.59 bits per heavy atom. The largest absolute Gasteiger partial charge is 0.451 e. The first-order valence-corrected chi connectivity index (χ1v) is 9.53. The maximum Gasteiger partial charge on any atom is 0.287 e. The maximum atomic E-state index is 12.3. The Morgan fingerprint density at radius 2 is 1.83 bits per heavy atom. The lowest BCUT2D eigenvalue weighted by atomic mass is 10.1. The van der Waals surface area contributed by atoms with Gasteiger partial charge in [-0.2, -0.15) is 0 Å². The van der Waals surface area contributed by atoms with Gasteiger partial charge in [0.05, 0.1) is 11.0 Å². The van der Waals surface area contributed by atoms with Gasteiger partial charge < -0.3 is 14.7 Å². The number of hydrogen-bond donors (Lipinski definition) is 2. The summed E-state index contributed by atoms with van der Waals surface area (Å²) in [6.45, 7) is 2.05. The monoisotopic (exact) mass is 387 g/mol. The van der Waals surface area contributed by atoms with Crippen LogP contribution in [-0.4, -0.2) is 28.2 Å². The molecule has 0 aliphatic rings. The van der Waals surface area contributed by atoms with Crippen molar-refractivity contribution < 1.29 is 14.0 Å². The number of H-pyrrole nitrogens is 1. The van der Waals surface area contributed by atoms with Gasteiger partial charge in [-0.3, -0.25) is 9.59 Å². The molecule has 2 aromatic heterocycles. The van der Waals surface area contributed by atoms with Crippen LogP contribution in [-0.2, 0) is 6.42 Å². The summed E-state index contributed by atoms with van der Waals surface area (Å²) < 4.78 is 5.67. The fraction of sp³-hybridized carbons (Fsp3) is 0.174. The third-order valence-electron chi connectivity index (χ3n) is 4.72. The van der Waals surface area contributed by atoms with Gasteiger partial charge in [0.25, 0.3) is 5.91 Å². The SMILES string of the molecule is CC(=O)c1ccc(-c2ccc(C(=O)NCCCc3nc4ccccc4[nH]3)o2)cc1. The number of furan rings is 1. The highest BCUT2D eigenvalue weighted by atomic mass is 16.3. The van der Waals surface area contributed by atoms with Crippen LogP contribution in [0.3, 0.4) is 0 Å². The smallest absolute Gasteiger partial charge is 0.287 e. The quantitative estimate of drug-likeness (QED) is 0.364. The molecule has 29 heavy (non-hydrogen) atoms. The number of imidazole rings is 1. The number of aryl methyl sites for hydroxylation is 1. The van der Waals surface area contributed by atoms with E-state index < -0.39 is 0 Å². The maximum absolute atomic E-state index is 12.3. The molecule has 0 saturated carbocycles. The standard InChI is InChI=1S/C23H21N3O3/c1-15(27)16-8-10-17(11-9-16)20-12-13-21(29-20)23(28)24-14-4-7-22-25-18-5-2-3-6-19(18)26-22/h2-3,5-6,8-13H,4,7,14H2,1H3,(H,24,28)(H,25,26). The summed E-state index contributed by atoms with van der Waals surface area (Å²) in [4.78, 5) is 31.5. The number of nitrogens with zero attached hydrogens (tertiary/aromatic N) is 1. The number of para-hydroxylation sites is 2. The lowest BCUT2D eigenvalue weighted by Crippen LogP contribution is -2.24. The fourth-order valence-corrected chi connectivity index (χ4v) is 3.15. The summed E-state index contributed by atoms with van der Waals surface area (Å²) in [7, 11) is 0. The van der Waals surface area contributed by atoms with Crippen molar-refractivity contribution in [3.8, 4) is 11.3 Å². The van der Waals surface area contributed by atoms with Crippen LogP contribution in [0.1, 0.15) is 40.1 Å². The predicted molar refractivity (Wildman–Crippen MR) is 111 cm³/mol. The Hall–Kier alpha value is -3.67. The van der Waals surface area contributed by atoms with Crippen LogP contribution >= 0.6 is 0 Å². The van der Waals surface area contributed by atoms with Gasteiger partial charge >= 0.3 is 0 Å². The number of nitrogens with one attached hydrogen (secondary N) is 2. The lowest BCUT2D eigenvalue weighted by molar-refractivity contribution is 0.0925. The topological polar surface area (TPSA) is 88.0 Å². The van der Waals surface area contributed by atoms with E-state index in [1.165, 1.54) is 6.92 Å². The zero-order valence-electron chi connectivity index (χ0n) is 16.1. The van der Waals surface area contributed by atoms with Crippen molar-refractivity contribution >= 4 is 22.7 Å². The van der Waals surface area contributed by atoms with Crippen LogP contribution in [0.2, 0.25) is 0 Å². The molecule has 1 amide bonds. The van der Waals surface area contributed by atoms with Gasteiger partial charge in [0.1, 0.15) is 11.6 Å². The molecule has 0 radical (unpaired) electrons. The number of benzene rings is 2. The van der Waals surface area contributed by atoms with Crippen LogP contribution in [0.5, 0.6) is 0 Å². The summed E-state index contributed by atoms with van der Waals surface area (Å²) in [5.74, 6) is 1.53. The van der Waals surface area contributed by atoms with Gasteiger partial charge in [-0.15, -0.1) is 0 Å². The molecule has 0 fully saturated rings. The van der Waals surface area contributed by atoms with Crippen LogP contribution in [0.25, 0.3) is 22.4 Å². The highest BCUT2D eigenvalue weighted by Crippen LogP contribution is 2.22. The average Bonchev–Trinajstić information content (AvgIpc) is 3.38. The van der Waals surface area contributed by atoms with E-state index in [-0.39, 0.29) is 17.5 Å². The molecule has 4 aromatic rings. The molecule has 0 saturated heterocycles. The molecule has 0 spiro atoms. The van der Waals surface area contributed by atoms with E-state index in [0.717, 1.165) is 35.3 Å². The number of hydrogen-bond acceptors (Lipinski definition) is 4. The van der Waals surface area contributed by atoms with Crippen molar-refractivity contribution in [2.45, 2.75) is 19.8 Å². The number of Topliss-reactive ketones (excluding diaryl/α,β-unsaturated/α-hetero) is 1. The van der Waals surface area contributed by atoms with E-state index in [1.54, 1.807) is 24.3 Å². The number of aromatic nitrogens is 2. The highest BCUT2D eigenvalue weighted by molar-refractivity contribution is 5.94. The van der Waals surface area contributed by atoms with Crippen molar-refractivity contribution in [1.82, 2.24) is 15.3 Å². The Kier molecular flexibility index (Phi) is 5.24. The third-order valence-corrected chi connectivity index (χ3v) is 4.72. The Morgan fingerprint density at radius 1 is 1.03 bits per heavy atom. The van der Waals surface area contributed by atoms with E-state index in [1.807, 2.05) is 36.4 Å². The lowest BCUT2D eigenvalue weighted by Gasteiger charge is -2.02. The molecule has 0 unspecified atom stereocenters. The zero-order valence-corrected chi connectivity index (χ0v) is 16.1. The van der Waals surface area contributed by atoms with Crippen LogP contribution < -0.4 is 5.32 Å². The second-order valence-electron chi connectivity index (χ2n) is 6.86. The molecular formula is C23H21N3O3. The Bertz CT molecular complexity index is 1120. The Balaban J connectivity index is 1.30. The minimum Gasteiger partial charge on any atom is -0.451 e. The van der Waals surface area contributed by atoms with Crippen LogP contribution in [0, 0.1) is 0 Å². The normalized spacial score (nSPS) is 10.9. The number of aromatic amines is 1. The molecule has 6 heteroatoms. The van der Waals surface area contributed by atoms with Gasteiger partial charge in [-0.25, -0.2) is 4.98 Å². The predicted octanol–water partition coefficient (Wildman–Crippen LogP) is 4.39. The van der Waals surface area contributed by atoms with Crippen molar-refractivity contribution in [2.24, 2.45) is 0 Å². The summed E-state index contributed by atoms with van der Waals surface area (Å²) >= 11 is 0. The fourth-order valence-electron chi connectivity index (χ4n) is 3.15. The Labute approximate surface area is 168 Å². The molecule has 0 bridgehead atoms. The second kappa shape index (κ2) is 8.14. The summed E-state index contributed by atoms with van der Waals surface area (Å²) in [5.41, 5.74) is 3.43. The molecule has 4 rings (SSSR count). The number of rotatable bonds is 7. The minimum atomic E-state index is -0.249. The third kappa shape index (κ3) is 4.27. The van der Waals surface area contributed by atoms with Gasteiger partial charge in [-0.05, 0) is 37.6 Å². The second-order valence-corrected chi connectivity index (χ2v) is 6.86. The summed E-state index contributed by atoms with van der Waals surface area (Å²) in [5, 5.41) is 2.87. The van der Waals surface area contributed by atoms with Gasteiger partial charge in [0.15, 0.2) is 11.5 Å². The van der Waals surface area contributed by atoms with Gasteiger partial charge in [0, 0.05) is 24.1 Å².